The number of hydrogen-bond donors (Lipinski definition) is 0. The van der Waals surface area contributed by atoms with E-state index in [0.717, 1.165) is 22.4 Å². The van der Waals surface area contributed by atoms with Gasteiger partial charge in [0.15, 0.2) is 0 Å². The van der Waals surface area contributed by atoms with Gasteiger partial charge >= 0.3 is 5.97 Å². The Kier molecular flexibility index (Phi) is 5.58. The Bertz CT molecular complexity index is 1020. The lowest BCUT2D eigenvalue weighted by Gasteiger charge is -2.09. The largest absolute Gasteiger partial charge is 0.462 e. The van der Waals surface area contributed by atoms with Gasteiger partial charge in [0.25, 0.3) is 0 Å². The van der Waals surface area contributed by atoms with Crippen LogP contribution in [-0.4, -0.2) is 22.1 Å². The number of hydrogen-bond acceptors (Lipinski definition) is 4. The SMILES string of the molecule is CCOC(=O)c1cc(Cn2cc(-c3ccc(C#N)cc3)cc2C)cnc1Cl. The molecule has 0 radical (unpaired) electrons. The summed E-state index contributed by atoms with van der Waals surface area (Å²) in [5.41, 5.74) is 4.93. The minimum absolute atomic E-state index is 0.139. The first-order valence-corrected chi connectivity index (χ1v) is 8.88. The fourth-order valence-electron chi connectivity index (χ4n) is 2.81. The molecule has 2 heterocycles. The van der Waals surface area contributed by atoms with Gasteiger partial charge in [-0.25, -0.2) is 9.78 Å². The van der Waals surface area contributed by atoms with Gasteiger partial charge in [0.1, 0.15) is 5.15 Å². The highest BCUT2D eigenvalue weighted by Gasteiger charge is 2.14. The van der Waals surface area contributed by atoms with Crippen molar-refractivity contribution < 1.29 is 9.53 Å². The van der Waals surface area contributed by atoms with Gasteiger partial charge in [0.2, 0.25) is 0 Å². The highest BCUT2D eigenvalue weighted by Crippen LogP contribution is 2.24. The summed E-state index contributed by atoms with van der Waals surface area (Å²) < 4.78 is 7.10. The fraction of sp³-hybridized carbons (Fsp3) is 0.190. The minimum Gasteiger partial charge on any atom is -0.462 e. The van der Waals surface area contributed by atoms with Crippen molar-refractivity contribution in [3.05, 3.63) is 76.3 Å². The third-order valence-corrected chi connectivity index (χ3v) is 4.50. The third-order valence-electron chi connectivity index (χ3n) is 4.20. The maximum absolute atomic E-state index is 12.0. The van der Waals surface area contributed by atoms with E-state index in [-0.39, 0.29) is 17.3 Å². The lowest BCUT2D eigenvalue weighted by Crippen LogP contribution is -2.08. The van der Waals surface area contributed by atoms with Crippen LogP contribution in [0.4, 0.5) is 0 Å². The minimum atomic E-state index is -0.473. The number of halogens is 1. The Balaban J connectivity index is 1.86. The molecule has 1 aromatic carbocycles. The van der Waals surface area contributed by atoms with Crippen molar-refractivity contribution in [1.29, 1.82) is 5.26 Å². The number of aryl methyl sites for hydroxylation is 1. The number of rotatable bonds is 5. The van der Waals surface area contributed by atoms with E-state index in [4.69, 9.17) is 21.6 Å². The fourth-order valence-corrected chi connectivity index (χ4v) is 2.99. The summed E-state index contributed by atoms with van der Waals surface area (Å²) in [6.07, 6.45) is 3.70. The van der Waals surface area contributed by atoms with Crippen LogP contribution in [0.25, 0.3) is 11.1 Å². The molecule has 136 valence electrons. The van der Waals surface area contributed by atoms with Crippen molar-refractivity contribution in [3.63, 3.8) is 0 Å². The number of nitrogens with zero attached hydrogens (tertiary/aromatic N) is 3. The average Bonchev–Trinajstić information content (AvgIpc) is 3.04. The number of nitriles is 1. The molecule has 0 saturated heterocycles. The molecule has 0 saturated carbocycles. The predicted octanol–water partition coefficient (Wildman–Crippen LogP) is 4.61. The first-order valence-electron chi connectivity index (χ1n) is 8.50. The van der Waals surface area contributed by atoms with Crippen LogP contribution in [0.3, 0.4) is 0 Å². The van der Waals surface area contributed by atoms with Gasteiger partial charge in [-0.15, -0.1) is 0 Å². The molecule has 0 amide bonds. The second-order valence-corrected chi connectivity index (χ2v) is 6.45. The van der Waals surface area contributed by atoms with Gasteiger partial charge in [-0.05, 0) is 54.8 Å². The zero-order valence-corrected chi connectivity index (χ0v) is 15.8. The third kappa shape index (κ3) is 4.18. The van der Waals surface area contributed by atoms with Crippen molar-refractivity contribution >= 4 is 17.6 Å². The van der Waals surface area contributed by atoms with Crippen molar-refractivity contribution in [2.24, 2.45) is 0 Å². The molecule has 3 rings (SSSR count). The summed E-state index contributed by atoms with van der Waals surface area (Å²) in [6.45, 7) is 4.60. The second-order valence-electron chi connectivity index (χ2n) is 6.09. The van der Waals surface area contributed by atoms with Crippen LogP contribution in [0.2, 0.25) is 5.15 Å². The smallest absolute Gasteiger partial charge is 0.341 e. The highest BCUT2D eigenvalue weighted by atomic mass is 35.5. The molecule has 0 aliphatic heterocycles. The molecule has 2 aromatic heterocycles. The molecule has 27 heavy (non-hydrogen) atoms. The molecule has 0 aliphatic carbocycles. The Morgan fingerprint density at radius 2 is 2.00 bits per heavy atom. The van der Waals surface area contributed by atoms with E-state index in [9.17, 15) is 4.79 Å². The van der Waals surface area contributed by atoms with Gasteiger partial charge in [-0.2, -0.15) is 5.26 Å². The van der Waals surface area contributed by atoms with Crippen molar-refractivity contribution in [2.75, 3.05) is 6.61 Å². The maximum atomic E-state index is 12.0. The van der Waals surface area contributed by atoms with Crippen LogP contribution >= 0.6 is 11.6 Å². The van der Waals surface area contributed by atoms with E-state index in [1.54, 1.807) is 31.3 Å². The summed E-state index contributed by atoms with van der Waals surface area (Å²) in [5, 5.41) is 9.06. The van der Waals surface area contributed by atoms with Gasteiger partial charge in [-0.3, -0.25) is 0 Å². The first-order chi connectivity index (χ1) is 13.0. The summed E-state index contributed by atoms with van der Waals surface area (Å²) in [4.78, 5) is 16.1. The van der Waals surface area contributed by atoms with E-state index in [0.29, 0.717) is 12.1 Å². The van der Waals surface area contributed by atoms with Crippen molar-refractivity contribution in [2.45, 2.75) is 20.4 Å². The van der Waals surface area contributed by atoms with E-state index in [1.807, 2.05) is 25.3 Å². The lowest BCUT2D eigenvalue weighted by molar-refractivity contribution is 0.0526. The van der Waals surface area contributed by atoms with Crippen LogP contribution in [0, 0.1) is 18.3 Å². The van der Waals surface area contributed by atoms with Crippen molar-refractivity contribution in [3.8, 4) is 17.2 Å². The number of carbonyl (C=O) groups excluding carboxylic acids is 1. The predicted molar refractivity (Wildman–Crippen MR) is 104 cm³/mol. The van der Waals surface area contributed by atoms with Gasteiger partial charge in [-0.1, -0.05) is 23.7 Å². The highest BCUT2D eigenvalue weighted by molar-refractivity contribution is 6.32. The summed E-state index contributed by atoms with van der Waals surface area (Å²) in [6, 6.07) is 13.4. The molecule has 3 aromatic rings. The number of aromatic nitrogens is 2. The average molecular weight is 380 g/mol. The van der Waals surface area contributed by atoms with Crippen LogP contribution in [0.15, 0.2) is 48.8 Å². The molecular formula is C21H18ClN3O2. The van der Waals surface area contributed by atoms with Gasteiger partial charge in [0.05, 0.1) is 23.8 Å². The quantitative estimate of drug-likeness (QED) is 0.479. The number of ether oxygens (including phenoxy) is 1. The van der Waals surface area contributed by atoms with E-state index < -0.39 is 5.97 Å². The van der Waals surface area contributed by atoms with Crippen LogP contribution < -0.4 is 0 Å². The molecule has 5 nitrogen and oxygen atoms in total. The Labute approximate surface area is 162 Å². The summed E-state index contributed by atoms with van der Waals surface area (Å²) in [5.74, 6) is -0.473. The summed E-state index contributed by atoms with van der Waals surface area (Å²) >= 11 is 6.03. The normalized spacial score (nSPS) is 10.4. The number of pyridine rings is 1. The molecule has 0 atom stereocenters. The summed E-state index contributed by atoms with van der Waals surface area (Å²) in [7, 11) is 0. The zero-order valence-electron chi connectivity index (χ0n) is 15.1. The van der Waals surface area contributed by atoms with Crippen molar-refractivity contribution in [1.82, 2.24) is 9.55 Å². The monoisotopic (exact) mass is 379 g/mol. The molecule has 0 N–H and O–H groups in total. The molecule has 6 heteroatoms. The van der Waals surface area contributed by atoms with E-state index in [2.05, 4.69) is 21.7 Å². The molecule has 0 spiro atoms. The number of benzene rings is 1. The Morgan fingerprint density at radius 3 is 2.67 bits per heavy atom. The molecule has 0 unspecified atom stereocenters. The van der Waals surface area contributed by atoms with Gasteiger partial charge < -0.3 is 9.30 Å². The Hall–Kier alpha value is -3.10. The zero-order chi connectivity index (χ0) is 19.4. The molecular weight excluding hydrogens is 362 g/mol. The Morgan fingerprint density at radius 1 is 1.26 bits per heavy atom. The standard InChI is InChI=1S/C21H18ClN3O2/c1-3-27-21(26)19-9-16(11-24-20(19)22)12-25-13-18(8-14(25)2)17-6-4-15(10-23)5-7-17/h4-9,11,13H,3,12H2,1-2H3. The topological polar surface area (TPSA) is 67.9 Å². The molecule has 0 aliphatic rings. The maximum Gasteiger partial charge on any atom is 0.341 e. The number of esters is 1. The van der Waals surface area contributed by atoms with Crippen LogP contribution in [-0.2, 0) is 11.3 Å². The van der Waals surface area contributed by atoms with Crippen LogP contribution in [0.5, 0.6) is 0 Å². The van der Waals surface area contributed by atoms with Crippen LogP contribution in [0.1, 0.15) is 34.1 Å². The first kappa shape index (κ1) is 18.7. The molecule has 0 bridgehead atoms. The van der Waals surface area contributed by atoms with E-state index >= 15 is 0 Å². The second kappa shape index (κ2) is 8.07. The van der Waals surface area contributed by atoms with E-state index in [1.165, 1.54) is 0 Å². The molecule has 0 fully saturated rings. The lowest BCUT2D eigenvalue weighted by atomic mass is 10.1. The van der Waals surface area contributed by atoms with Gasteiger partial charge in [0, 0.05) is 24.6 Å². The number of carbonyl (C=O) groups is 1.